The third-order valence-electron chi connectivity index (χ3n) is 4.63. The van der Waals surface area contributed by atoms with Crippen LogP contribution in [0.25, 0.3) is 0 Å². The van der Waals surface area contributed by atoms with Crippen LogP contribution in [-0.2, 0) is 21.9 Å². The molecule has 0 unspecified atom stereocenters. The van der Waals surface area contributed by atoms with Gasteiger partial charge >= 0.3 is 0 Å². The average Bonchev–Trinajstić information content (AvgIpc) is 2.70. The van der Waals surface area contributed by atoms with Crippen molar-refractivity contribution in [2.45, 2.75) is 58.0 Å². The van der Waals surface area contributed by atoms with E-state index in [-0.39, 0.29) is 29.9 Å². The number of carbonyl (C=O) groups excluding carboxylic acids is 2. The Kier molecular flexibility index (Phi) is 9.86. The lowest BCUT2D eigenvalue weighted by Gasteiger charge is -2.33. The number of halogens is 3. The topological polar surface area (TPSA) is 49.4 Å². The molecule has 0 aromatic heterocycles. The molecule has 2 rings (SSSR count). The molecule has 0 fully saturated rings. The number of hydrogen-bond donors (Lipinski definition) is 1. The Balaban J connectivity index is 2.18. The van der Waals surface area contributed by atoms with Crippen molar-refractivity contribution in [2.24, 2.45) is 0 Å². The lowest BCUT2D eigenvalue weighted by atomic mass is 10.1. The summed E-state index contributed by atoms with van der Waals surface area (Å²) in [7, 11) is 0. The van der Waals surface area contributed by atoms with Gasteiger partial charge in [-0.3, -0.25) is 9.59 Å². The van der Waals surface area contributed by atoms with Gasteiger partial charge in [-0.2, -0.15) is 0 Å². The standard InChI is InChI=1S/C24H29Cl2FN2O2S/c1-5-21(23(31)28-24(2,3)4)29(13-17-8-11-19(25)20(26)12-17)22(30)15-32-14-16-6-9-18(27)10-7-16/h6-12,21H,5,13-15H2,1-4H3,(H,28,31)/t21-/m1/s1. The summed E-state index contributed by atoms with van der Waals surface area (Å²) in [4.78, 5) is 27.8. The number of benzene rings is 2. The SMILES string of the molecule is CC[C@H](C(=O)NC(C)(C)C)N(Cc1ccc(Cl)c(Cl)c1)C(=O)CSCc1ccc(F)cc1. The Morgan fingerprint density at radius 1 is 1.06 bits per heavy atom. The highest BCUT2D eigenvalue weighted by Crippen LogP contribution is 2.25. The van der Waals surface area contributed by atoms with Crippen LogP contribution in [0.15, 0.2) is 42.5 Å². The molecule has 8 heteroatoms. The summed E-state index contributed by atoms with van der Waals surface area (Å²) >= 11 is 13.6. The molecule has 0 saturated carbocycles. The van der Waals surface area contributed by atoms with Gasteiger partial charge in [-0.1, -0.05) is 48.3 Å². The van der Waals surface area contributed by atoms with Gasteiger partial charge in [-0.25, -0.2) is 4.39 Å². The van der Waals surface area contributed by atoms with E-state index in [9.17, 15) is 14.0 Å². The molecule has 0 radical (unpaired) electrons. The molecule has 2 aromatic carbocycles. The van der Waals surface area contributed by atoms with Crippen LogP contribution in [0.2, 0.25) is 10.0 Å². The van der Waals surface area contributed by atoms with E-state index < -0.39 is 11.6 Å². The molecular formula is C24H29Cl2FN2O2S. The van der Waals surface area contributed by atoms with Crippen molar-refractivity contribution < 1.29 is 14.0 Å². The lowest BCUT2D eigenvalue weighted by molar-refractivity contribution is -0.140. The molecule has 0 bridgehead atoms. The minimum atomic E-state index is -0.623. The van der Waals surface area contributed by atoms with Crippen molar-refractivity contribution in [3.05, 3.63) is 69.5 Å². The third kappa shape index (κ3) is 8.30. The number of nitrogens with one attached hydrogen (secondary N) is 1. The van der Waals surface area contributed by atoms with E-state index in [1.165, 1.54) is 23.9 Å². The van der Waals surface area contributed by atoms with E-state index in [2.05, 4.69) is 5.32 Å². The summed E-state index contributed by atoms with van der Waals surface area (Å²) in [6.07, 6.45) is 0.470. The maximum absolute atomic E-state index is 13.2. The van der Waals surface area contributed by atoms with Gasteiger partial charge in [-0.15, -0.1) is 11.8 Å². The van der Waals surface area contributed by atoms with Gasteiger partial charge < -0.3 is 10.2 Å². The van der Waals surface area contributed by atoms with Crippen LogP contribution >= 0.6 is 35.0 Å². The van der Waals surface area contributed by atoms with Crippen molar-refractivity contribution in [1.82, 2.24) is 10.2 Å². The molecule has 174 valence electrons. The van der Waals surface area contributed by atoms with E-state index in [1.54, 1.807) is 35.2 Å². The number of carbonyl (C=O) groups is 2. The van der Waals surface area contributed by atoms with Crippen LogP contribution in [0.5, 0.6) is 0 Å². The first-order valence-electron chi connectivity index (χ1n) is 10.4. The fourth-order valence-electron chi connectivity index (χ4n) is 3.13. The molecule has 0 heterocycles. The maximum atomic E-state index is 13.2. The number of amides is 2. The third-order valence-corrected chi connectivity index (χ3v) is 6.36. The van der Waals surface area contributed by atoms with Crippen molar-refractivity contribution in [3.8, 4) is 0 Å². The second-order valence-electron chi connectivity index (χ2n) is 8.55. The maximum Gasteiger partial charge on any atom is 0.243 e. The predicted molar refractivity (Wildman–Crippen MR) is 132 cm³/mol. The molecule has 0 saturated heterocycles. The van der Waals surface area contributed by atoms with Gasteiger partial charge in [0.15, 0.2) is 0 Å². The highest BCUT2D eigenvalue weighted by molar-refractivity contribution is 7.99. The molecule has 0 aliphatic carbocycles. The summed E-state index contributed by atoms with van der Waals surface area (Å²) in [5.74, 6) is 0.115. The fourth-order valence-corrected chi connectivity index (χ4v) is 4.32. The monoisotopic (exact) mass is 498 g/mol. The fraction of sp³-hybridized carbons (Fsp3) is 0.417. The molecule has 1 atom stereocenters. The Hall–Kier alpha value is -1.76. The van der Waals surface area contributed by atoms with Crippen molar-refractivity contribution in [3.63, 3.8) is 0 Å². The number of rotatable bonds is 9. The summed E-state index contributed by atoms with van der Waals surface area (Å²) < 4.78 is 13.1. The van der Waals surface area contributed by atoms with Gasteiger partial charge in [-0.05, 0) is 62.6 Å². The molecule has 1 N–H and O–H groups in total. The van der Waals surface area contributed by atoms with Crippen molar-refractivity contribution in [2.75, 3.05) is 5.75 Å². The Morgan fingerprint density at radius 2 is 1.69 bits per heavy atom. The minimum Gasteiger partial charge on any atom is -0.350 e. The summed E-state index contributed by atoms with van der Waals surface area (Å²) in [6, 6.07) is 10.8. The Bertz CT molecular complexity index is 933. The van der Waals surface area contributed by atoms with Gasteiger partial charge in [0.05, 0.1) is 15.8 Å². The van der Waals surface area contributed by atoms with Crippen LogP contribution in [-0.4, -0.2) is 34.0 Å². The summed E-state index contributed by atoms with van der Waals surface area (Å²) in [5.41, 5.74) is 1.30. The molecule has 0 spiro atoms. The number of nitrogens with zero attached hydrogens (tertiary/aromatic N) is 1. The van der Waals surface area contributed by atoms with Crippen LogP contribution in [0.1, 0.15) is 45.2 Å². The second kappa shape index (κ2) is 11.9. The number of thioether (sulfide) groups is 1. The smallest absolute Gasteiger partial charge is 0.243 e. The van der Waals surface area contributed by atoms with Crippen LogP contribution in [0.4, 0.5) is 4.39 Å². The van der Waals surface area contributed by atoms with E-state index in [0.717, 1.165) is 11.1 Å². The molecule has 2 aromatic rings. The van der Waals surface area contributed by atoms with E-state index in [1.807, 2.05) is 27.7 Å². The van der Waals surface area contributed by atoms with E-state index in [4.69, 9.17) is 23.2 Å². The lowest BCUT2D eigenvalue weighted by Crippen LogP contribution is -2.53. The quantitative estimate of drug-likeness (QED) is 0.455. The van der Waals surface area contributed by atoms with Gasteiger partial charge in [0.2, 0.25) is 11.8 Å². The summed E-state index contributed by atoms with van der Waals surface area (Å²) in [5, 5.41) is 3.81. The van der Waals surface area contributed by atoms with Crippen molar-refractivity contribution in [1.29, 1.82) is 0 Å². The molecule has 32 heavy (non-hydrogen) atoms. The van der Waals surface area contributed by atoms with Crippen LogP contribution < -0.4 is 5.32 Å². The number of hydrogen-bond acceptors (Lipinski definition) is 3. The van der Waals surface area contributed by atoms with Gasteiger partial charge in [0.25, 0.3) is 0 Å². The first-order chi connectivity index (χ1) is 15.0. The molecule has 0 aliphatic rings. The van der Waals surface area contributed by atoms with E-state index >= 15 is 0 Å². The van der Waals surface area contributed by atoms with Crippen molar-refractivity contribution >= 4 is 46.8 Å². The van der Waals surface area contributed by atoms with Gasteiger partial charge in [0.1, 0.15) is 11.9 Å². The first kappa shape index (κ1) is 26.5. The average molecular weight is 499 g/mol. The Morgan fingerprint density at radius 3 is 2.25 bits per heavy atom. The zero-order valence-electron chi connectivity index (χ0n) is 18.8. The highest BCUT2D eigenvalue weighted by Gasteiger charge is 2.30. The predicted octanol–water partition coefficient (Wildman–Crippen LogP) is 6.09. The largest absolute Gasteiger partial charge is 0.350 e. The second-order valence-corrected chi connectivity index (χ2v) is 10.4. The zero-order valence-corrected chi connectivity index (χ0v) is 21.1. The van der Waals surface area contributed by atoms with Crippen LogP contribution in [0.3, 0.4) is 0 Å². The normalized spacial score (nSPS) is 12.3. The van der Waals surface area contributed by atoms with E-state index in [0.29, 0.717) is 22.2 Å². The molecular weight excluding hydrogens is 470 g/mol. The molecule has 4 nitrogen and oxygen atoms in total. The zero-order chi connectivity index (χ0) is 23.9. The van der Waals surface area contributed by atoms with Gasteiger partial charge in [0, 0.05) is 17.8 Å². The Labute approximate surface area is 203 Å². The minimum absolute atomic E-state index is 0.154. The molecule has 0 aliphatic heterocycles. The summed E-state index contributed by atoms with van der Waals surface area (Å²) in [6.45, 7) is 7.83. The van der Waals surface area contributed by atoms with Crippen LogP contribution in [0, 0.1) is 5.82 Å². The molecule has 2 amide bonds. The first-order valence-corrected chi connectivity index (χ1v) is 12.3. The highest BCUT2D eigenvalue weighted by atomic mass is 35.5.